The summed E-state index contributed by atoms with van der Waals surface area (Å²) in [5.74, 6) is 1.38. The Morgan fingerprint density at radius 1 is 0.844 bits per heavy atom. The summed E-state index contributed by atoms with van der Waals surface area (Å²) in [4.78, 5) is 12.7. The first-order valence-electron chi connectivity index (χ1n) is 9.76. The second kappa shape index (κ2) is 9.51. The number of sulfonamides is 1. The molecule has 32 heavy (non-hydrogen) atoms. The minimum atomic E-state index is -3.71. The molecule has 162 valence electrons. The number of hydrogen-bond donors (Lipinski definition) is 2. The second-order valence-electron chi connectivity index (χ2n) is 6.83. The van der Waals surface area contributed by atoms with E-state index in [4.69, 9.17) is 9.15 Å². The van der Waals surface area contributed by atoms with Crippen LogP contribution in [-0.4, -0.2) is 14.3 Å². The molecule has 0 saturated carbocycles. The van der Waals surface area contributed by atoms with Crippen LogP contribution in [0.2, 0.25) is 0 Å². The highest BCUT2D eigenvalue weighted by molar-refractivity contribution is 7.89. The van der Waals surface area contributed by atoms with E-state index in [2.05, 4.69) is 10.0 Å². The zero-order chi connectivity index (χ0) is 22.4. The molecule has 1 aromatic heterocycles. The molecular weight excluding hydrogens is 428 g/mol. The maximum atomic E-state index is 12.6. The van der Waals surface area contributed by atoms with Crippen LogP contribution in [0.5, 0.6) is 11.5 Å². The molecule has 0 saturated heterocycles. The number of carbonyl (C=O) groups is 1. The van der Waals surface area contributed by atoms with E-state index in [1.54, 1.807) is 36.4 Å². The summed E-state index contributed by atoms with van der Waals surface area (Å²) in [5.41, 5.74) is 0.879. The van der Waals surface area contributed by atoms with Gasteiger partial charge in [-0.3, -0.25) is 4.79 Å². The molecule has 4 aromatic rings. The molecule has 0 bridgehead atoms. The van der Waals surface area contributed by atoms with Crippen LogP contribution >= 0.6 is 0 Å². The van der Waals surface area contributed by atoms with Crippen LogP contribution in [0.3, 0.4) is 0 Å². The van der Waals surface area contributed by atoms with Crippen molar-refractivity contribution >= 4 is 21.6 Å². The zero-order valence-corrected chi connectivity index (χ0v) is 17.7. The number of rotatable bonds is 8. The van der Waals surface area contributed by atoms with Crippen molar-refractivity contribution in [3.63, 3.8) is 0 Å². The van der Waals surface area contributed by atoms with Crippen molar-refractivity contribution in [2.45, 2.75) is 11.4 Å². The van der Waals surface area contributed by atoms with Crippen molar-refractivity contribution in [1.29, 1.82) is 0 Å². The molecular formula is C24H20N2O5S. The Morgan fingerprint density at radius 2 is 1.59 bits per heavy atom. The summed E-state index contributed by atoms with van der Waals surface area (Å²) in [5, 5.41) is 2.76. The molecule has 0 aliphatic heterocycles. The Bertz CT molecular complexity index is 1290. The average molecular weight is 449 g/mol. The molecule has 0 atom stereocenters. The third-order valence-corrected chi connectivity index (χ3v) is 5.93. The van der Waals surface area contributed by atoms with Crippen molar-refractivity contribution in [3.8, 4) is 11.5 Å². The van der Waals surface area contributed by atoms with Gasteiger partial charge in [-0.05, 0) is 66.7 Å². The maximum Gasteiger partial charge on any atom is 0.255 e. The lowest BCUT2D eigenvalue weighted by Crippen LogP contribution is -2.23. The van der Waals surface area contributed by atoms with Gasteiger partial charge in [0, 0.05) is 11.3 Å². The number of para-hydroxylation sites is 1. The summed E-state index contributed by atoms with van der Waals surface area (Å²) in [6.45, 7) is 0.0508. The fourth-order valence-electron chi connectivity index (χ4n) is 2.91. The molecule has 0 radical (unpaired) electrons. The van der Waals surface area contributed by atoms with E-state index >= 15 is 0 Å². The lowest BCUT2D eigenvalue weighted by molar-refractivity contribution is 0.102. The van der Waals surface area contributed by atoms with Crippen LogP contribution < -0.4 is 14.8 Å². The first-order chi connectivity index (χ1) is 15.5. The zero-order valence-electron chi connectivity index (χ0n) is 16.9. The van der Waals surface area contributed by atoms with Gasteiger partial charge in [0.1, 0.15) is 17.3 Å². The molecule has 1 heterocycles. The molecule has 0 fully saturated rings. The van der Waals surface area contributed by atoms with Gasteiger partial charge in [0.15, 0.2) is 0 Å². The van der Waals surface area contributed by atoms with Gasteiger partial charge in [0.25, 0.3) is 5.91 Å². The lowest BCUT2D eigenvalue weighted by atomic mass is 10.2. The Morgan fingerprint density at radius 3 is 2.31 bits per heavy atom. The van der Waals surface area contributed by atoms with E-state index in [0.717, 1.165) is 0 Å². The van der Waals surface area contributed by atoms with Crippen LogP contribution in [-0.2, 0) is 16.6 Å². The van der Waals surface area contributed by atoms with Crippen LogP contribution in [0, 0.1) is 0 Å². The second-order valence-corrected chi connectivity index (χ2v) is 8.59. The van der Waals surface area contributed by atoms with Gasteiger partial charge in [-0.15, -0.1) is 0 Å². The van der Waals surface area contributed by atoms with Crippen molar-refractivity contribution in [3.05, 3.63) is 109 Å². The molecule has 8 heteroatoms. The van der Waals surface area contributed by atoms with Gasteiger partial charge in [-0.25, -0.2) is 13.1 Å². The van der Waals surface area contributed by atoms with Crippen LogP contribution in [0.1, 0.15) is 16.1 Å². The molecule has 1 amide bonds. The van der Waals surface area contributed by atoms with E-state index in [-0.39, 0.29) is 17.3 Å². The summed E-state index contributed by atoms with van der Waals surface area (Å²) in [6, 6.07) is 25.4. The number of nitrogens with one attached hydrogen (secondary N) is 2. The Hall–Kier alpha value is -3.88. The number of amides is 1. The van der Waals surface area contributed by atoms with Gasteiger partial charge >= 0.3 is 0 Å². The third-order valence-electron chi connectivity index (χ3n) is 4.51. The summed E-state index contributed by atoms with van der Waals surface area (Å²) >= 11 is 0. The summed E-state index contributed by atoms with van der Waals surface area (Å²) < 4.78 is 38.2. The molecule has 0 aliphatic rings. The van der Waals surface area contributed by atoms with Crippen LogP contribution in [0.15, 0.2) is 107 Å². The quantitative estimate of drug-likeness (QED) is 0.403. The maximum absolute atomic E-state index is 12.6. The molecule has 3 aromatic carbocycles. The monoisotopic (exact) mass is 448 g/mol. The fraction of sp³-hybridized carbons (Fsp3) is 0.0417. The standard InChI is InChI=1S/C24H20N2O5S/c27-24(18-6-4-9-21(16-18)31-20-7-2-1-3-8-20)26-19-11-13-23(14-12-19)32(28,29)25-17-22-10-5-15-30-22/h1-16,25H,17H2,(H,26,27). The molecule has 2 N–H and O–H groups in total. The van der Waals surface area contributed by atoms with Gasteiger partial charge < -0.3 is 14.5 Å². The van der Waals surface area contributed by atoms with Crippen LogP contribution in [0.25, 0.3) is 0 Å². The highest BCUT2D eigenvalue weighted by Crippen LogP contribution is 2.22. The van der Waals surface area contributed by atoms with Gasteiger partial charge in [-0.2, -0.15) is 0 Å². The smallest absolute Gasteiger partial charge is 0.255 e. The minimum absolute atomic E-state index is 0.0508. The van der Waals surface area contributed by atoms with Crippen molar-refractivity contribution in [2.24, 2.45) is 0 Å². The third kappa shape index (κ3) is 5.42. The molecule has 0 spiro atoms. The first kappa shape index (κ1) is 21.4. The Labute approximate surface area is 185 Å². The van der Waals surface area contributed by atoms with E-state index < -0.39 is 10.0 Å². The Kier molecular flexibility index (Phi) is 6.34. The average Bonchev–Trinajstić information content (AvgIpc) is 3.33. The number of carbonyl (C=O) groups excluding carboxylic acids is 1. The SMILES string of the molecule is O=C(Nc1ccc(S(=O)(=O)NCc2ccco2)cc1)c1cccc(Oc2ccccc2)c1. The summed E-state index contributed by atoms with van der Waals surface area (Å²) in [7, 11) is -3.71. The largest absolute Gasteiger partial charge is 0.468 e. The topological polar surface area (TPSA) is 97.6 Å². The molecule has 4 rings (SSSR count). The van der Waals surface area contributed by atoms with Crippen LogP contribution in [0.4, 0.5) is 5.69 Å². The molecule has 0 unspecified atom stereocenters. The number of ether oxygens (including phenoxy) is 1. The highest BCUT2D eigenvalue weighted by Gasteiger charge is 2.15. The highest BCUT2D eigenvalue weighted by atomic mass is 32.2. The lowest BCUT2D eigenvalue weighted by Gasteiger charge is -2.10. The number of furan rings is 1. The number of benzene rings is 3. The van der Waals surface area contributed by atoms with Gasteiger partial charge in [0.05, 0.1) is 17.7 Å². The van der Waals surface area contributed by atoms with Gasteiger partial charge in [-0.1, -0.05) is 24.3 Å². The normalized spacial score (nSPS) is 11.1. The fourth-order valence-corrected chi connectivity index (χ4v) is 3.90. The van der Waals surface area contributed by atoms with E-state index in [1.165, 1.54) is 30.5 Å². The molecule has 7 nitrogen and oxygen atoms in total. The number of hydrogen-bond acceptors (Lipinski definition) is 5. The minimum Gasteiger partial charge on any atom is -0.468 e. The van der Waals surface area contributed by atoms with E-state index in [0.29, 0.717) is 28.5 Å². The predicted octanol–water partition coefficient (Wildman–Crippen LogP) is 4.80. The number of anilines is 1. The summed E-state index contributed by atoms with van der Waals surface area (Å²) in [6.07, 6.45) is 1.48. The van der Waals surface area contributed by atoms with E-state index in [1.807, 2.05) is 30.3 Å². The van der Waals surface area contributed by atoms with Crippen molar-refractivity contribution in [1.82, 2.24) is 4.72 Å². The van der Waals surface area contributed by atoms with Gasteiger partial charge in [0.2, 0.25) is 10.0 Å². The van der Waals surface area contributed by atoms with Crippen molar-refractivity contribution < 1.29 is 22.4 Å². The molecule has 0 aliphatic carbocycles. The predicted molar refractivity (Wildman–Crippen MR) is 120 cm³/mol. The van der Waals surface area contributed by atoms with E-state index in [9.17, 15) is 13.2 Å². The Balaban J connectivity index is 1.40. The first-order valence-corrected chi connectivity index (χ1v) is 11.2. The van der Waals surface area contributed by atoms with Crippen molar-refractivity contribution in [2.75, 3.05) is 5.32 Å².